The van der Waals surface area contributed by atoms with Gasteiger partial charge in [0.2, 0.25) is 23.7 Å². The molecule has 72 heavy (non-hydrogen) atoms. The Balaban J connectivity index is 0.000000178. The topological polar surface area (TPSA) is 211 Å². The standard InChI is InChI=1S/C27H25FN6O3.C26H23FN6O2/c1-3-24(35)32-18-8-9-30-21(13-18)25-19(28)6-4-17-14-31-27(34-26(17)25)33-20-7-5-16(12-22(20)36-2)23-15-29-10-11-37-23;1-2-23(34)31-19-9-10-29-21(13-19)24-20(27)8-5-17-14-30-26(33-25(17)24)32-18-6-3-16(4-7-18)22-15-28-11-12-35-22/h3-9,12-14,23,29H,1,10-11,15H2,2H3,(H,30,32,35)(H,31,33,34);2-10,13-14,22,28H,1,11-12,15H2,(H,29,31,34)(H,30,32,33). The van der Waals surface area contributed by atoms with E-state index in [2.05, 4.69) is 75.0 Å². The lowest BCUT2D eigenvalue weighted by Crippen LogP contribution is -2.33. The molecule has 2 aliphatic rings. The van der Waals surface area contributed by atoms with Crippen molar-refractivity contribution in [1.82, 2.24) is 40.5 Å². The van der Waals surface area contributed by atoms with Crippen LogP contribution in [0.25, 0.3) is 44.3 Å². The molecule has 19 heteroatoms. The average molecular weight is 971 g/mol. The molecule has 2 atom stereocenters. The van der Waals surface area contributed by atoms with E-state index in [-0.39, 0.29) is 41.1 Å². The summed E-state index contributed by atoms with van der Waals surface area (Å²) in [5, 5.41) is 19.6. The van der Waals surface area contributed by atoms with Gasteiger partial charge in [-0.15, -0.1) is 0 Å². The van der Waals surface area contributed by atoms with E-state index >= 15 is 8.78 Å². The number of amides is 2. The molecule has 17 nitrogen and oxygen atoms in total. The van der Waals surface area contributed by atoms with Crippen LogP contribution in [0.4, 0.5) is 43.4 Å². The first-order chi connectivity index (χ1) is 35.2. The van der Waals surface area contributed by atoms with Gasteiger partial charge in [0.05, 0.1) is 71.8 Å². The monoisotopic (exact) mass is 970 g/mol. The van der Waals surface area contributed by atoms with Gasteiger partial charge < -0.3 is 46.1 Å². The second kappa shape index (κ2) is 22.4. The van der Waals surface area contributed by atoms with E-state index < -0.39 is 11.6 Å². The van der Waals surface area contributed by atoms with Crippen LogP contribution < -0.4 is 36.6 Å². The van der Waals surface area contributed by atoms with Crippen molar-refractivity contribution < 1.29 is 32.6 Å². The Hall–Kier alpha value is -8.62. The number of halogens is 2. The molecule has 6 heterocycles. The minimum absolute atomic E-state index is 0.0276. The SMILES string of the molecule is C=CC(=O)Nc1ccnc(-c2c(F)ccc3cnc(Nc4ccc(C5CNCCO5)cc4)nc23)c1.C=CC(=O)Nc1ccnc(-c2c(F)ccc3cnc(Nc4ccc(C5CNCCO5)cc4OC)nc23)c1. The largest absolute Gasteiger partial charge is 0.495 e. The Kier molecular flexibility index (Phi) is 15.1. The molecule has 2 aliphatic heterocycles. The number of carbonyl (C=O) groups excluding carboxylic acids is 2. The number of hydrogen-bond donors (Lipinski definition) is 6. The van der Waals surface area contributed by atoms with Gasteiger partial charge >= 0.3 is 0 Å². The van der Waals surface area contributed by atoms with Gasteiger partial charge in [0, 0.05) is 78.8 Å². The van der Waals surface area contributed by atoms with Crippen LogP contribution in [-0.2, 0) is 19.1 Å². The fraction of sp³-hybridized carbons (Fsp3) is 0.170. The first-order valence-corrected chi connectivity index (χ1v) is 22.8. The maximum Gasteiger partial charge on any atom is 0.247 e. The van der Waals surface area contributed by atoms with Crippen molar-refractivity contribution >= 4 is 68.3 Å². The van der Waals surface area contributed by atoms with Gasteiger partial charge in [-0.25, -0.2) is 28.7 Å². The molecule has 2 fully saturated rings. The molecule has 0 saturated carbocycles. The van der Waals surface area contributed by atoms with E-state index in [4.69, 9.17) is 14.2 Å². The van der Waals surface area contributed by atoms with Gasteiger partial charge in [-0.05, 0) is 96.1 Å². The Labute approximate surface area is 412 Å². The minimum atomic E-state index is -0.500. The third kappa shape index (κ3) is 11.4. The summed E-state index contributed by atoms with van der Waals surface area (Å²) in [6, 6.07) is 25.9. The second-order valence-electron chi connectivity index (χ2n) is 16.3. The zero-order chi connectivity index (χ0) is 50.0. The van der Waals surface area contributed by atoms with E-state index in [1.165, 1.54) is 24.5 Å². The van der Waals surface area contributed by atoms with Crippen LogP contribution in [0.1, 0.15) is 23.3 Å². The zero-order valence-electron chi connectivity index (χ0n) is 38.9. The van der Waals surface area contributed by atoms with Crippen LogP contribution in [0.5, 0.6) is 5.75 Å². The molecule has 6 N–H and O–H groups in total. The normalized spacial score (nSPS) is 15.4. The number of rotatable bonds is 13. The lowest BCUT2D eigenvalue weighted by atomic mass is 10.1. The summed E-state index contributed by atoms with van der Waals surface area (Å²) in [4.78, 5) is 50.0. The maximum atomic E-state index is 15.1. The number of nitrogens with zero attached hydrogens (tertiary/aromatic N) is 6. The van der Waals surface area contributed by atoms with E-state index in [0.717, 1.165) is 55.1 Å². The Morgan fingerprint density at radius 3 is 1.65 bits per heavy atom. The van der Waals surface area contributed by atoms with E-state index in [9.17, 15) is 9.59 Å². The molecule has 8 aromatic rings. The van der Waals surface area contributed by atoms with Crippen molar-refractivity contribution in [1.29, 1.82) is 0 Å². The number of benzene rings is 4. The van der Waals surface area contributed by atoms with Crippen molar-refractivity contribution in [2.75, 3.05) is 67.8 Å². The highest BCUT2D eigenvalue weighted by Gasteiger charge is 2.21. The molecule has 0 bridgehead atoms. The quantitative estimate of drug-likeness (QED) is 0.0597. The van der Waals surface area contributed by atoms with E-state index in [1.807, 2.05) is 42.5 Å². The highest BCUT2D eigenvalue weighted by molar-refractivity contribution is 6.01. The number of ether oxygens (including phenoxy) is 3. The first-order valence-electron chi connectivity index (χ1n) is 22.8. The third-order valence-electron chi connectivity index (χ3n) is 11.6. The fourth-order valence-electron chi connectivity index (χ4n) is 8.03. The number of anilines is 6. The minimum Gasteiger partial charge on any atom is -0.495 e. The van der Waals surface area contributed by atoms with E-state index in [1.54, 1.807) is 55.9 Å². The maximum absolute atomic E-state index is 15.1. The molecule has 364 valence electrons. The summed E-state index contributed by atoms with van der Waals surface area (Å²) in [5.74, 6) is -0.544. The molecule has 0 aliphatic carbocycles. The molecule has 0 spiro atoms. The number of aromatic nitrogens is 6. The zero-order valence-corrected chi connectivity index (χ0v) is 38.9. The lowest BCUT2D eigenvalue weighted by molar-refractivity contribution is -0.112. The van der Waals surface area contributed by atoms with Crippen molar-refractivity contribution in [3.63, 3.8) is 0 Å². The molecule has 0 radical (unpaired) electrons. The summed E-state index contributed by atoms with van der Waals surface area (Å²) in [5.41, 5.74) is 6.30. The van der Waals surface area contributed by atoms with Gasteiger partial charge in [-0.1, -0.05) is 31.4 Å². The van der Waals surface area contributed by atoms with Crippen LogP contribution in [0.15, 0.2) is 141 Å². The third-order valence-corrected chi connectivity index (χ3v) is 11.6. The van der Waals surface area contributed by atoms with Crippen molar-refractivity contribution in [2.45, 2.75) is 12.2 Å². The van der Waals surface area contributed by atoms with Crippen LogP contribution in [0.3, 0.4) is 0 Å². The van der Waals surface area contributed by atoms with Crippen molar-refractivity contribution in [3.05, 3.63) is 164 Å². The van der Waals surface area contributed by atoms with Crippen LogP contribution in [0, 0.1) is 11.6 Å². The Morgan fingerprint density at radius 2 is 1.15 bits per heavy atom. The van der Waals surface area contributed by atoms with Crippen LogP contribution in [0.2, 0.25) is 0 Å². The molecule has 2 amide bonds. The highest BCUT2D eigenvalue weighted by Crippen LogP contribution is 2.35. The van der Waals surface area contributed by atoms with Crippen LogP contribution >= 0.6 is 0 Å². The lowest BCUT2D eigenvalue weighted by Gasteiger charge is -2.24. The fourth-order valence-corrected chi connectivity index (χ4v) is 8.03. The average Bonchev–Trinajstić information content (AvgIpc) is 3.41. The summed E-state index contributed by atoms with van der Waals surface area (Å²) in [7, 11) is 1.59. The number of carbonyl (C=O) groups is 2. The van der Waals surface area contributed by atoms with E-state index in [0.29, 0.717) is 75.2 Å². The molecule has 2 unspecified atom stereocenters. The van der Waals surface area contributed by atoms with Gasteiger partial charge in [-0.3, -0.25) is 19.6 Å². The Bertz CT molecular complexity index is 3300. The van der Waals surface area contributed by atoms with Gasteiger partial charge in [-0.2, -0.15) is 0 Å². The van der Waals surface area contributed by atoms with Gasteiger partial charge in [0.15, 0.2) is 0 Å². The number of pyridine rings is 2. The van der Waals surface area contributed by atoms with Crippen molar-refractivity contribution in [2.24, 2.45) is 0 Å². The second-order valence-corrected chi connectivity index (χ2v) is 16.3. The summed E-state index contributed by atoms with van der Waals surface area (Å²) in [6.07, 6.45) is 8.52. The predicted octanol–water partition coefficient (Wildman–Crippen LogP) is 8.73. The predicted molar refractivity (Wildman–Crippen MR) is 272 cm³/mol. The number of nitrogens with one attached hydrogen (secondary N) is 6. The molecular weight excluding hydrogens is 923 g/mol. The molecular formula is C53H48F2N12O5. The summed E-state index contributed by atoms with van der Waals surface area (Å²) in [6.45, 7) is 11.4. The van der Waals surface area contributed by atoms with Gasteiger partial charge in [0.1, 0.15) is 17.4 Å². The summed E-state index contributed by atoms with van der Waals surface area (Å²) < 4.78 is 47.3. The first kappa shape index (κ1) is 48.4. The molecule has 4 aromatic heterocycles. The number of morpholine rings is 2. The smallest absolute Gasteiger partial charge is 0.247 e. The molecule has 2 saturated heterocycles. The molecule has 4 aromatic carbocycles. The highest BCUT2D eigenvalue weighted by atomic mass is 19.1. The van der Waals surface area contributed by atoms with Crippen molar-refractivity contribution in [3.8, 4) is 28.3 Å². The summed E-state index contributed by atoms with van der Waals surface area (Å²) >= 11 is 0. The van der Waals surface area contributed by atoms with Gasteiger partial charge in [0.25, 0.3) is 0 Å². The number of fused-ring (bicyclic) bond motifs is 2. The molecule has 10 rings (SSSR count). The Morgan fingerprint density at radius 1 is 0.639 bits per heavy atom. The number of hydrogen-bond acceptors (Lipinski definition) is 15. The van der Waals surface area contributed by atoms with Crippen LogP contribution in [-0.4, -0.2) is 88.2 Å². The number of methoxy groups -OCH3 is 1.